The highest BCUT2D eigenvalue weighted by Crippen LogP contribution is 2.30. The molecular formula is C19H27ClN2O4S. The first-order chi connectivity index (χ1) is 12.9. The van der Waals surface area contributed by atoms with Crippen LogP contribution in [0, 0.1) is 5.92 Å². The van der Waals surface area contributed by atoms with E-state index >= 15 is 0 Å². The Morgan fingerprint density at radius 1 is 1.22 bits per heavy atom. The largest absolute Gasteiger partial charge is 0.492 e. The fourth-order valence-corrected chi connectivity index (χ4v) is 5.61. The van der Waals surface area contributed by atoms with Crippen molar-refractivity contribution < 1.29 is 17.9 Å². The van der Waals surface area contributed by atoms with Crippen LogP contribution in [0.5, 0.6) is 5.75 Å². The lowest BCUT2D eigenvalue weighted by Crippen LogP contribution is -2.44. The molecule has 2 fully saturated rings. The normalized spacial score (nSPS) is 19.9. The van der Waals surface area contributed by atoms with Crippen LogP contribution in [0.1, 0.15) is 45.4 Å². The van der Waals surface area contributed by atoms with Crippen molar-refractivity contribution in [3.05, 3.63) is 23.2 Å². The molecular weight excluding hydrogens is 388 g/mol. The monoisotopic (exact) mass is 414 g/mol. The van der Waals surface area contributed by atoms with E-state index in [0.717, 1.165) is 12.8 Å². The fraction of sp³-hybridized carbons (Fsp3) is 0.632. The van der Waals surface area contributed by atoms with Gasteiger partial charge in [0, 0.05) is 25.0 Å². The van der Waals surface area contributed by atoms with Gasteiger partial charge in [-0.05, 0) is 50.8 Å². The van der Waals surface area contributed by atoms with Gasteiger partial charge in [0.1, 0.15) is 5.75 Å². The van der Waals surface area contributed by atoms with Gasteiger partial charge >= 0.3 is 0 Å². The highest BCUT2D eigenvalue weighted by atomic mass is 35.5. The third kappa shape index (κ3) is 4.76. The molecule has 1 saturated carbocycles. The van der Waals surface area contributed by atoms with Crippen LogP contribution in [-0.2, 0) is 14.8 Å². The Bertz CT molecular complexity index is 770. The summed E-state index contributed by atoms with van der Waals surface area (Å²) in [5.41, 5.74) is 0. The lowest BCUT2D eigenvalue weighted by Gasteiger charge is -2.31. The number of nitrogens with one attached hydrogen (secondary N) is 1. The summed E-state index contributed by atoms with van der Waals surface area (Å²) in [5, 5.41) is 3.40. The summed E-state index contributed by atoms with van der Waals surface area (Å²) in [6.45, 7) is 2.99. The molecule has 2 aliphatic rings. The highest BCUT2D eigenvalue weighted by Gasteiger charge is 2.33. The topological polar surface area (TPSA) is 75.7 Å². The van der Waals surface area contributed by atoms with Crippen molar-refractivity contribution >= 4 is 27.5 Å². The molecule has 1 aromatic rings. The van der Waals surface area contributed by atoms with Gasteiger partial charge in [-0.25, -0.2) is 8.42 Å². The number of rotatable bonds is 6. The van der Waals surface area contributed by atoms with Crippen LogP contribution in [0.2, 0.25) is 5.02 Å². The molecule has 8 heteroatoms. The van der Waals surface area contributed by atoms with Crippen LogP contribution < -0.4 is 10.1 Å². The van der Waals surface area contributed by atoms with Crippen LogP contribution in [-0.4, -0.2) is 44.4 Å². The number of carbonyl (C=O) groups is 1. The Hall–Kier alpha value is -1.31. The summed E-state index contributed by atoms with van der Waals surface area (Å²) in [7, 11) is -3.63. The van der Waals surface area contributed by atoms with E-state index in [0.29, 0.717) is 44.3 Å². The number of benzene rings is 1. The SMILES string of the molecule is CCOc1ccc(S(=O)(=O)N2CCC(C(=O)NC3CCCC3)CC2)cc1Cl. The van der Waals surface area contributed by atoms with Gasteiger partial charge in [-0.3, -0.25) is 4.79 Å². The Morgan fingerprint density at radius 2 is 1.89 bits per heavy atom. The molecule has 0 atom stereocenters. The zero-order valence-corrected chi connectivity index (χ0v) is 17.2. The third-order valence-corrected chi connectivity index (χ3v) is 7.56. The number of carbonyl (C=O) groups excluding carboxylic acids is 1. The molecule has 1 amide bonds. The quantitative estimate of drug-likeness (QED) is 0.775. The van der Waals surface area contributed by atoms with Crippen LogP contribution in [0.3, 0.4) is 0 Å². The first kappa shape index (κ1) is 20.4. The van der Waals surface area contributed by atoms with Gasteiger partial charge in [-0.15, -0.1) is 0 Å². The van der Waals surface area contributed by atoms with Crippen LogP contribution in [0.15, 0.2) is 23.1 Å². The second kappa shape index (κ2) is 8.80. The van der Waals surface area contributed by atoms with Crippen LogP contribution in [0.4, 0.5) is 0 Å². The van der Waals surface area contributed by atoms with Gasteiger partial charge in [-0.2, -0.15) is 4.31 Å². The van der Waals surface area contributed by atoms with Gasteiger partial charge in [0.05, 0.1) is 16.5 Å². The van der Waals surface area contributed by atoms with Gasteiger partial charge in [0.15, 0.2) is 0 Å². The number of sulfonamides is 1. The lowest BCUT2D eigenvalue weighted by atomic mass is 9.97. The number of ether oxygens (including phenoxy) is 1. The van der Waals surface area contributed by atoms with Crippen molar-refractivity contribution in [2.45, 2.75) is 56.4 Å². The molecule has 1 aromatic carbocycles. The molecule has 1 N–H and O–H groups in total. The van der Waals surface area contributed by atoms with Crippen molar-refractivity contribution in [1.82, 2.24) is 9.62 Å². The number of hydrogen-bond donors (Lipinski definition) is 1. The van der Waals surface area contributed by atoms with E-state index in [2.05, 4.69) is 5.32 Å². The third-order valence-electron chi connectivity index (χ3n) is 5.37. The smallest absolute Gasteiger partial charge is 0.243 e. The van der Waals surface area contributed by atoms with E-state index < -0.39 is 10.0 Å². The van der Waals surface area contributed by atoms with E-state index in [-0.39, 0.29) is 21.7 Å². The van der Waals surface area contributed by atoms with Gasteiger partial charge in [0.2, 0.25) is 15.9 Å². The molecule has 1 heterocycles. The maximum absolute atomic E-state index is 12.9. The summed E-state index contributed by atoms with van der Waals surface area (Å²) >= 11 is 6.14. The minimum Gasteiger partial charge on any atom is -0.492 e. The Balaban J connectivity index is 1.60. The maximum atomic E-state index is 12.9. The second-order valence-electron chi connectivity index (χ2n) is 7.19. The van der Waals surface area contributed by atoms with Gasteiger partial charge < -0.3 is 10.1 Å². The first-order valence-corrected chi connectivity index (χ1v) is 11.5. The number of hydrogen-bond acceptors (Lipinski definition) is 4. The van der Waals surface area contributed by atoms with Crippen molar-refractivity contribution in [2.75, 3.05) is 19.7 Å². The zero-order valence-electron chi connectivity index (χ0n) is 15.6. The number of nitrogens with zero attached hydrogens (tertiary/aromatic N) is 1. The Morgan fingerprint density at radius 3 is 2.48 bits per heavy atom. The molecule has 150 valence electrons. The molecule has 0 bridgehead atoms. The van der Waals surface area contributed by atoms with Crippen molar-refractivity contribution in [1.29, 1.82) is 0 Å². The van der Waals surface area contributed by atoms with Crippen molar-refractivity contribution in [3.8, 4) is 5.75 Å². The molecule has 6 nitrogen and oxygen atoms in total. The molecule has 1 aliphatic heterocycles. The van der Waals surface area contributed by atoms with Crippen molar-refractivity contribution in [2.24, 2.45) is 5.92 Å². The Kier molecular flexibility index (Phi) is 6.65. The van der Waals surface area contributed by atoms with Crippen LogP contribution in [0.25, 0.3) is 0 Å². The number of piperidine rings is 1. The molecule has 1 saturated heterocycles. The summed E-state index contributed by atoms with van der Waals surface area (Å²) in [6.07, 6.45) is 5.54. The summed E-state index contributed by atoms with van der Waals surface area (Å²) in [5.74, 6) is 0.435. The molecule has 27 heavy (non-hydrogen) atoms. The molecule has 0 spiro atoms. The average Bonchev–Trinajstić information content (AvgIpc) is 3.16. The summed E-state index contributed by atoms with van der Waals surface area (Å²) in [6, 6.07) is 4.83. The highest BCUT2D eigenvalue weighted by molar-refractivity contribution is 7.89. The number of halogens is 1. The molecule has 0 unspecified atom stereocenters. The minimum absolute atomic E-state index is 0.0723. The molecule has 0 aromatic heterocycles. The lowest BCUT2D eigenvalue weighted by molar-refractivity contribution is -0.126. The number of amides is 1. The van der Waals surface area contributed by atoms with Gasteiger partial charge in [-0.1, -0.05) is 24.4 Å². The molecule has 0 radical (unpaired) electrons. The van der Waals surface area contributed by atoms with E-state index in [1.54, 1.807) is 6.07 Å². The fourth-order valence-electron chi connectivity index (χ4n) is 3.81. The maximum Gasteiger partial charge on any atom is 0.243 e. The first-order valence-electron chi connectivity index (χ1n) is 9.64. The minimum atomic E-state index is -3.63. The van der Waals surface area contributed by atoms with Gasteiger partial charge in [0.25, 0.3) is 0 Å². The zero-order chi connectivity index (χ0) is 19.4. The predicted molar refractivity (Wildman–Crippen MR) is 105 cm³/mol. The van der Waals surface area contributed by atoms with E-state index in [1.165, 1.54) is 29.3 Å². The predicted octanol–water partition coefficient (Wildman–Crippen LogP) is 3.20. The average molecular weight is 415 g/mol. The van der Waals surface area contributed by atoms with Crippen LogP contribution >= 0.6 is 11.6 Å². The van der Waals surface area contributed by atoms with E-state index in [1.807, 2.05) is 6.92 Å². The van der Waals surface area contributed by atoms with Crippen molar-refractivity contribution in [3.63, 3.8) is 0 Å². The molecule has 1 aliphatic carbocycles. The Labute approximate surface area is 166 Å². The second-order valence-corrected chi connectivity index (χ2v) is 9.54. The van der Waals surface area contributed by atoms with E-state index in [9.17, 15) is 13.2 Å². The summed E-state index contributed by atoms with van der Waals surface area (Å²) in [4.78, 5) is 12.6. The summed E-state index contributed by atoms with van der Waals surface area (Å²) < 4.78 is 32.6. The van der Waals surface area contributed by atoms with E-state index in [4.69, 9.17) is 16.3 Å². The standard InChI is InChI=1S/C19H27ClN2O4S/c1-2-26-18-8-7-16(13-17(18)20)27(24,25)22-11-9-14(10-12-22)19(23)21-15-5-3-4-6-15/h7-8,13-15H,2-6,9-12H2,1H3,(H,21,23). The molecule has 3 rings (SSSR count).